The number of carbonyl (C=O) groups is 1. The third kappa shape index (κ3) is 3.24. The van der Waals surface area contributed by atoms with Crippen LogP contribution in [0.25, 0.3) is 11.0 Å². The molecular formula is C15H18N2O4S. The van der Waals surface area contributed by atoms with Crippen molar-refractivity contribution in [3.63, 3.8) is 0 Å². The van der Waals surface area contributed by atoms with E-state index in [9.17, 15) is 13.2 Å². The smallest absolute Gasteiger partial charge is 0.315 e. The number of carbonyl (C=O) groups excluding carboxylic acids is 1. The number of fused-ring (bicyclic) bond motifs is 1. The Labute approximate surface area is 128 Å². The summed E-state index contributed by atoms with van der Waals surface area (Å²) in [6.45, 7) is 1.82. The van der Waals surface area contributed by atoms with E-state index in [1.807, 2.05) is 37.3 Å². The molecular weight excluding hydrogens is 304 g/mol. The lowest BCUT2D eigenvalue weighted by Gasteiger charge is -2.15. The van der Waals surface area contributed by atoms with Gasteiger partial charge in [-0.1, -0.05) is 18.2 Å². The van der Waals surface area contributed by atoms with Crippen LogP contribution in [-0.4, -0.2) is 32.0 Å². The molecule has 7 heteroatoms. The second-order valence-electron chi connectivity index (χ2n) is 5.63. The van der Waals surface area contributed by atoms with Crippen molar-refractivity contribution in [1.82, 2.24) is 10.6 Å². The molecule has 1 aromatic carbocycles. The minimum absolute atomic E-state index is 0.0133. The quantitative estimate of drug-likeness (QED) is 0.904. The molecule has 0 bridgehead atoms. The van der Waals surface area contributed by atoms with E-state index in [-0.39, 0.29) is 29.6 Å². The van der Waals surface area contributed by atoms with Crippen LogP contribution in [0.2, 0.25) is 0 Å². The average Bonchev–Trinajstić information content (AvgIpc) is 3.01. The Balaban J connectivity index is 1.61. The summed E-state index contributed by atoms with van der Waals surface area (Å²) in [5.41, 5.74) is 0.772. The minimum Gasteiger partial charge on any atom is -0.459 e. The Morgan fingerprint density at radius 3 is 2.82 bits per heavy atom. The van der Waals surface area contributed by atoms with Crippen molar-refractivity contribution in [2.75, 3.05) is 11.5 Å². The van der Waals surface area contributed by atoms with Gasteiger partial charge in [0.25, 0.3) is 0 Å². The lowest BCUT2D eigenvalue weighted by atomic mass is 10.2. The number of benzene rings is 1. The van der Waals surface area contributed by atoms with Crippen LogP contribution in [0.5, 0.6) is 0 Å². The molecule has 0 aliphatic carbocycles. The molecule has 2 amide bonds. The van der Waals surface area contributed by atoms with E-state index < -0.39 is 9.84 Å². The molecule has 2 aromatic rings. The number of rotatable bonds is 3. The summed E-state index contributed by atoms with van der Waals surface area (Å²) < 4.78 is 28.5. The first-order valence-corrected chi connectivity index (χ1v) is 9.01. The van der Waals surface area contributed by atoms with Crippen molar-refractivity contribution < 1.29 is 17.6 Å². The summed E-state index contributed by atoms with van der Waals surface area (Å²) in [4.78, 5) is 12.0. The second kappa shape index (κ2) is 5.64. The number of sulfone groups is 1. The van der Waals surface area contributed by atoms with Crippen molar-refractivity contribution in [3.8, 4) is 0 Å². The third-order valence-electron chi connectivity index (χ3n) is 3.79. The zero-order valence-corrected chi connectivity index (χ0v) is 13.0. The van der Waals surface area contributed by atoms with Crippen LogP contribution in [0.3, 0.4) is 0 Å². The number of hydrogen-bond donors (Lipinski definition) is 2. The number of urea groups is 1. The van der Waals surface area contributed by atoms with Crippen LogP contribution in [0, 0.1) is 0 Å². The molecule has 1 saturated heterocycles. The van der Waals surface area contributed by atoms with Gasteiger partial charge in [0.2, 0.25) is 0 Å². The van der Waals surface area contributed by atoms with Crippen molar-refractivity contribution in [1.29, 1.82) is 0 Å². The Hall–Kier alpha value is -2.02. The van der Waals surface area contributed by atoms with Gasteiger partial charge in [0.1, 0.15) is 11.3 Å². The van der Waals surface area contributed by atoms with Crippen LogP contribution >= 0.6 is 0 Å². The normalized spacial score (nSPS) is 21.6. The molecule has 2 atom stereocenters. The molecule has 2 unspecified atom stereocenters. The maximum absolute atomic E-state index is 12.0. The first-order valence-electron chi connectivity index (χ1n) is 7.19. The largest absolute Gasteiger partial charge is 0.459 e. The molecule has 1 aliphatic heterocycles. The van der Waals surface area contributed by atoms with E-state index in [4.69, 9.17) is 4.42 Å². The van der Waals surface area contributed by atoms with E-state index in [1.54, 1.807) is 0 Å². The van der Waals surface area contributed by atoms with Crippen LogP contribution in [0.15, 0.2) is 34.7 Å². The van der Waals surface area contributed by atoms with Crippen LogP contribution < -0.4 is 10.6 Å². The summed E-state index contributed by atoms with van der Waals surface area (Å²) in [7, 11) is -3.00. The van der Waals surface area contributed by atoms with Crippen molar-refractivity contribution in [2.24, 2.45) is 0 Å². The monoisotopic (exact) mass is 322 g/mol. The van der Waals surface area contributed by atoms with E-state index in [0.717, 1.165) is 11.0 Å². The highest BCUT2D eigenvalue weighted by atomic mass is 32.2. The van der Waals surface area contributed by atoms with Crippen LogP contribution in [0.4, 0.5) is 4.79 Å². The van der Waals surface area contributed by atoms with Gasteiger partial charge < -0.3 is 15.1 Å². The average molecular weight is 322 g/mol. The van der Waals surface area contributed by atoms with Gasteiger partial charge in [0.05, 0.1) is 17.5 Å². The van der Waals surface area contributed by atoms with Gasteiger partial charge in [-0.15, -0.1) is 0 Å². The van der Waals surface area contributed by atoms with Gasteiger partial charge in [-0.25, -0.2) is 13.2 Å². The van der Waals surface area contributed by atoms with E-state index in [0.29, 0.717) is 12.2 Å². The lowest BCUT2D eigenvalue weighted by Crippen LogP contribution is -2.43. The molecule has 118 valence electrons. The highest BCUT2D eigenvalue weighted by molar-refractivity contribution is 7.91. The number of amides is 2. The molecule has 0 spiro atoms. The number of furan rings is 1. The maximum atomic E-state index is 12.0. The molecule has 22 heavy (non-hydrogen) atoms. The zero-order chi connectivity index (χ0) is 15.7. The fraction of sp³-hybridized carbons (Fsp3) is 0.400. The summed E-state index contributed by atoms with van der Waals surface area (Å²) in [5, 5.41) is 6.45. The van der Waals surface area contributed by atoms with Gasteiger partial charge in [0, 0.05) is 11.4 Å². The topological polar surface area (TPSA) is 88.4 Å². The lowest BCUT2D eigenvalue weighted by molar-refractivity contribution is 0.233. The van der Waals surface area contributed by atoms with Crippen molar-refractivity contribution in [2.45, 2.75) is 25.4 Å². The van der Waals surface area contributed by atoms with Gasteiger partial charge >= 0.3 is 6.03 Å². The SMILES string of the molecule is CC(NC(=O)NC1CCS(=O)(=O)C1)c1cc2ccccc2o1. The number of nitrogens with one attached hydrogen (secondary N) is 2. The van der Waals surface area contributed by atoms with Crippen LogP contribution in [0.1, 0.15) is 25.1 Å². The zero-order valence-electron chi connectivity index (χ0n) is 12.2. The standard InChI is InChI=1S/C15H18N2O4S/c1-10(14-8-11-4-2-3-5-13(11)21-14)16-15(18)17-12-6-7-22(19,20)9-12/h2-5,8,10,12H,6-7,9H2,1H3,(H2,16,17,18). The third-order valence-corrected chi connectivity index (χ3v) is 5.55. The first-order chi connectivity index (χ1) is 10.4. The number of hydrogen-bond acceptors (Lipinski definition) is 4. The Bertz CT molecular complexity index is 764. The van der Waals surface area contributed by atoms with Gasteiger partial charge in [-0.3, -0.25) is 0 Å². The van der Waals surface area contributed by atoms with Gasteiger partial charge in [0.15, 0.2) is 9.84 Å². The van der Waals surface area contributed by atoms with Crippen LogP contribution in [-0.2, 0) is 9.84 Å². The van der Waals surface area contributed by atoms with E-state index in [2.05, 4.69) is 10.6 Å². The summed E-state index contributed by atoms with van der Waals surface area (Å²) in [5.74, 6) is 0.812. The highest BCUT2D eigenvalue weighted by Crippen LogP contribution is 2.23. The Kier molecular flexibility index (Phi) is 3.82. The molecule has 1 aromatic heterocycles. The summed E-state index contributed by atoms with van der Waals surface area (Å²) in [6, 6.07) is 8.52. The fourth-order valence-corrected chi connectivity index (χ4v) is 4.29. The summed E-state index contributed by atoms with van der Waals surface area (Å²) >= 11 is 0. The van der Waals surface area contributed by atoms with Crippen molar-refractivity contribution in [3.05, 3.63) is 36.1 Å². The van der Waals surface area contributed by atoms with Gasteiger partial charge in [-0.05, 0) is 25.5 Å². The summed E-state index contributed by atoms with van der Waals surface area (Å²) in [6.07, 6.45) is 0.467. The molecule has 2 heterocycles. The second-order valence-corrected chi connectivity index (χ2v) is 7.85. The highest BCUT2D eigenvalue weighted by Gasteiger charge is 2.29. The predicted octanol–water partition coefficient (Wildman–Crippen LogP) is 1.98. The Morgan fingerprint density at radius 1 is 1.36 bits per heavy atom. The van der Waals surface area contributed by atoms with Crippen molar-refractivity contribution >= 4 is 26.8 Å². The molecule has 1 fully saturated rings. The Morgan fingerprint density at radius 2 is 2.14 bits per heavy atom. The molecule has 0 saturated carbocycles. The maximum Gasteiger partial charge on any atom is 0.315 e. The first kappa shape index (κ1) is 14.9. The number of para-hydroxylation sites is 1. The molecule has 6 nitrogen and oxygen atoms in total. The fourth-order valence-electron chi connectivity index (χ4n) is 2.62. The minimum atomic E-state index is -3.00. The van der Waals surface area contributed by atoms with E-state index >= 15 is 0 Å². The molecule has 0 radical (unpaired) electrons. The molecule has 1 aliphatic rings. The molecule has 2 N–H and O–H groups in total. The van der Waals surface area contributed by atoms with Gasteiger partial charge in [-0.2, -0.15) is 0 Å². The molecule has 3 rings (SSSR count). The van der Waals surface area contributed by atoms with E-state index in [1.165, 1.54) is 0 Å². The predicted molar refractivity (Wildman–Crippen MR) is 83.4 cm³/mol.